The van der Waals surface area contributed by atoms with E-state index in [0.717, 1.165) is 0 Å². The molecule has 19 heavy (non-hydrogen) atoms. The maximum absolute atomic E-state index is 12.6. The van der Waals surface area contributed by atoms with Gasteiger partial charge < -0.3 is 15.2 Å². The minimum absolute atomic E-state index is 0.0251. The van der Waals surface area contributed by atoms with Crippen LogP contribution in [-0.2, 0) is 22.7 Å². The van der Waals surface area contributed by atoms with Crippen LogP contribution in [0, 0.1) is 0 Å². The van der Waals surface area contributed by atoms with Gasteiger partial charge in [0.2, 0.25) is 0 Å². The van der Waals surface area contributed by atoms with E-state index >= 15 is 0 Å². The number of ether oxygens (including phenoxy) is 2. The summed E-state index contributed by atoms with van der Waals surface area (Å²) in [7, 11) is 1.44. The Labute approximate surface area is 106 Å². The van der Waals surface area contributed by atoms with Gasteiger partial charge in [0.1, 0.15) is 19.0 Å². The topological polar surface area (TPSA) is 70.3 Å². The van der Waals surface area contributed by atoms with Gasteiger partial charge in [-0.2, -0.15) is 8.78 Å². The summed E-state index contributed by atoms with van der Waals surface area (Å²) in [5, 5.41) is 0. The van der Waals surface area contributed by atoms with Crippen molar-refractivity contribution in [2.75, 3.05) is 19.5 Å². The summed E-state index contributed by atoms with van der Waals surface area (Å²) in [6.45, 7) is -1.70. The Morgan fingerprint density at radius 1 is 1.32 bits per heavy atom. The molecule has 9 heteroatoms. The highest BCUT2D eigenvalue weighted by Crippen LogP contribution is 2.23. The molecule has 0 spiro atoms. The first-order valence-electron chi connectivity index (χ1n) is 5.20. The molecule has 0 aromatic carbocycles. The molecular weight excluding hydrogens is 270 g/mol. The second kappa shape index (κ2) is 6.62. The van der Waals surface area contributed by atoms with Crippen molar-refractivity contribution in [1.29, 1.82) is 0 Å². The van der Waals surface area contributed by atoms with Gasteiger partial charge in [0, 0.05) is 13.2 Å². The lowest BCUT2D eigenvalue weighted by atomic mass is 10.4. The number of hydrogen-bond acceptors (Lipinski definition) is 5. The van der Waals surface area contributed by atoms with Crippen LogP contribution in [0.4, 0.5) is 23.4 Å². The van der Waals surface area contributed by atoms with E-state index in [2.05, 4.69) is 14.7 Å². The van der Waals surface area contributed by atoms with Crippen LogP contribution < -0.4 is 5.73 Å². The van der Waals surface area contributed by atoms with E-state index in [9.17, 15) is 17.6 Å². The van der Waals surface area contributed by atoms with Crippen molar-refractivity contribution < 1.29 is 27.0 Å². The third-order valence-electron chi connectivity index (χ3n) is 1.98. The Bertz CT molecular complexity index is 418. The van der Waals surface area contributed by atoms with E-state index in [1.807, 2.05) is 0 Å². The molecule has 0 fully saturated rings. The van der Waals surface area contributed by atoms with Crippen LogP contribution >= 0.6 is 0 Å². The fourth-order valence-corrected chi connectivity index (χ4v) is 1.20. The van der Waals surface area contributed by atoms with Crippen molar-refractivity contribution in [2.45, 2.75) is 25.6 Å². The molecule has 0 saturated carbocycles. The molecule has 1 aromatic rings. The molecule has 1 rings (SSSR count). The number of halogens is 4. The maximum atomic E-state index is 12.6. The molecule has 1 aromatic heterocycles. The first kappa shape index (κ1) is 15.6. The number of rotatable bonds is 7. The summed E-state index contributed by atoms with van der Waals surface area (Å²) in [4.78, 5) is 7.65. The third kappa shape index (κ3) is 4.95. The number of anilines is 1. The Balaban J connectivity index is 2.58. The Kier molecular flexibility index (Phi) is 5.43. The predicted molar refractivity (Wildman–Crippen MR) is 57.8 cm³/mol. The molecule has 0 aliphatic carbocycles. The Morgan fingerprint density at radius 3 is 2.58 bits per heavy atom. The number of methoxy groups -OCH3 is 1. The number of alkyl halides is 4. The van der Waals surface area contributed by atoms with Crippen molar-refractivity contribution in [3.8, 4) is 0 Å². The maximum Gasteiger partial charge on any atom is 0.330 e. The monoisotopic (exact) mass is 283 g/mol. The Hall–Kier alpha value is -1.48. The molecule has 0 unspecified atom stereocenters. The van der Waals surface area contributed by atoms with E-state index in [0.29, 0.717) is 5.69 Å². The van der Waals surface area contributed by atoms with Crippen molar-refractivity contribution in [1.82, 2.24) is 9.97 Å². The second-order valence-corrected chi connectivity index (χ2v) is 3.69. The van der Waals surface area contributed by atoms with E-state index < -0.39 is 25.6 Å². The highest BCUT2D eigenvalue weighted by atomic mass is 19.3. The zero-order valence-corrected chi connectivity index (χ0v) is 10.1. The average molecular weight is 283 g/mol. The lowest BCUT2D eigenvalue weighted by Gasteiger charge is -2.14. The van der Waals surface area contributed by atoms with E-state index in [4.69, 9.17) is 10.5 Å². The van der Waals surface area contributed by atoms with Gasteiger partial charge in [-0.3, -0.25) is 0 Å². The molecule has 0 aliphatic heterocycles. The van der Waals surface area contributed by atoms with Crippen LogP contribution in [0.1, 0.15) is 11.5 Å². The molecule has 0 saturated heterocycles. The summed E-state index contributed by atoms with van der Waals surface area (Å²) < 4.78 is 58.2. The molecule has 0 bridgehead atoms. The first-order chi connectivity index (χ1) is 8.85. The highest BCUT2D eigenvalue weighted by Gasteiger charge is 2.40. The molecule has 1 heterocycles. The van der Waals surface area contributed by atoms with Gasteiger partial charge in [0.15, 0.2) is 5.82 Å². The van der Waals surface area contributed by atoms with Gasteiger partial charge in [-0.05, 0) is 0 Å². The van der Waals surface area contributed by atoms with Crippen LogP contribution in [0.15, 0.2) is 6.07 Å². The molecular formula is C10H13F4N3O2. The fraction of sp³-hybridized carbons (Fsp3) is 0.600. The van der Waals surface area contributed by atoms with Gasteiger partial charge in [-0.15, -0.1) is 0 Å². The van der Waals surface area contributed by atoms with Gasteiger partial charge in [0.05, 0.1) is 12.3 Å². The first-order valence-corrected chi connectivity index (χ1v) is 5.20. The van der Waals surface area contributed by atoms with Crippen LogP contribution in [0.25, 0.3) is 0 Å². The second-order valence-electron chi connectivity index (χ2n) is 3.69. The molecule has 0 atom stereocenters. The summed E-state index contributed by atoms with van der Waals surface area (Å²) in [6.07, 6.45) is -3.78. The predicted octanol–water partition coefficient (Wildman–Crippen LogP) is 1.62. The summed E-state index contributed by atoms with van der Waals surface area (Å²) in [6, 6.07) is 1.45. The number of nitrogen functional groups attached to an aromatic ring is 1. The molecule has 0 radical (unpaired) electrons. The Morgan fingerprint density at radius 2 is 2.00 bits per heavy atom. The van der Waals surface area contributed by atoms with Crippen molar-refractivity contribution in [3.05, 3.63) is 17.6 Å². The summed E-state index contributed by atoms with van der Waals surface area (Å²) in [5.41, 5.74) is 5.90. The van der Waals surface area contributed by atoms with Crippen LogP contribution in [0.3, 0.4) is 0 Å². The minimum atomic E-state index is -4.20. The van der Waals surface area contributed by atoms with E-state index in [1.54, 1.807) is 0 Å². The van der Waals surface area contributed by atoms with Gasteiger partial charge in [0.25, 0.3) is 0 Å². The molecule has 0 amide bonds. The fourth-order valence-electron chi connectivity index (χ4n) is 1.20. The lowest BCUT2D eigenvalue weighted by Crippen LogP contribution is -2.32. The molecule has 108 valence electrons. The summed E-state index contributed by atoms with van der Waals surface area (Å²) in [5.74, 6) is -4.06. The normalized spacial score (nSPS) is 12.1. The lowest BCUT2D eigenvalue weighted by molar-refractivity contribution is -0.168. The third-order valence-corrected chi connectivity index (χ3v) is 1.98. The van der Waals surface area contributed by atoms with E-state index in [-0.39, 0.29) is 18.2 Å². The van der Waals surface area contributed by atoms with Gasteiger partial charge in [-0.1, -0.05) is 0 Å². The number of hydrogen-bond donors (Lipinski definition) is 1. The number of nitrogens with zero attached hydrogens (tertiary/aromatic N) is 2. The van der Waals surface area contributed by atoms with Crippen molar-refractivity contribution in [2.24, 2.45) is 0 Å². The van der Waals surface area contributed by atoms with Gasteiger partial charge in [-0.25, -0.2) is 18.7 Å². The smallest absolute Gasteiger partial charge is 0.330 e. The molecule has 0 aliphatic rings. The zero-order chi connectivity index (χ0) is 14.5. The number of nitrogens with two attached hydrogens (primary N) is 1. The largest absolute Gasteiger partial charge is 0.384 e. The molecule has 5 nitrogen and oxygen atoms in total. The van der Waals surface area contributed by atoms with Crippen LogP contribution in [-0.4, -0.2) is 36.0 Å². The minimum Gasteiger partial charge on any atom is -0.384 e. The quantitative estimate of drug-likeness (QED) is 0.770. The SMILES string of the molecule is COCc1cc(N)nc(COCC(F)(F)C(F)F)n1. The standard InChI is InChI=1S/C10H13F4N3O2/c1-18-3-6-2-7(15)17-8(16-6)4-19-5-10(13,14)9(11)12/h2,9H,3-5H2,1H3,(H2,15,16,17). The van der Waals surface area contributed by atoms with Crippen molar-refractivity contribution in [3.63, 3.8) is 0 Å². The van der Waals surface area contributed by atoms with Gasteiger partial charge >= 0.3 is 12.3 Å². The number of aromatic nitrogens is 2. The average Bonchev–Trinajstić information content (AvgIpc) is 2.28. The highest BCUT2D eigenvalue weighted by molar-refractivity contribution is 5.29. The van der Waals surface area contributed by atoms with Crippen LogP contribution in [0.2, 0.25) is 0 Å². The molecule has 2 N–H and O–H groups in total. The van der Waals surface area contributed by atoms with Crippen molar-refractivity contribution >= 4 is 5.82 Å². The summed E-state index contributed by atoms with van der Waals surface area (Å²) >= 11 is 0. The van der Waals surface area contributed by atoms with E-state index in [1.165, 1.54) is 13.2 Å². The van der Waals surface area contributed by atoms with Crippen LogP contribution in [0.5, 0.6) is 0 Å². The zero-order valence-electron chi connectivity index (χ0n) is 10.1.